The van der Waals surface area contributed by atoms with E-state index in [0.29, 0.717) is 33.8 Å². The van der Waals surface area contributed by atoms with Crippen molar-refractivity contribution in [3.63, 3.8) is 0 Å². The minimum Gasteiger partial charge on any atom is -0.507 e. The molecule has 0 saturated carbocycles. The van der Waals surface area contributed by atoms with E-state index in [1.807, 2.05) is 47.6 Å². The maximum absolute atomic E-state index is 13.3. The number of aromatic hydroxyl groups is 1. The summed E-state index contributed by atoms with van der Waals surface area (Å²) < 4.78 is 5.29. The summed E-state index contributed by atoms with van der Waals surface area (Å²) in [6.07, 6.45) is -0.664. The highest BCUT2D eigenvalue weighted by Crippen LogP contribution is 2.40. The van der Waals surface area contributed by atoms with Gasteiger partial charge in [-0.15, -0.1) is 0 Å². The third kappa shape index (κ3) is 5.95. The first-order chi connectivity index (χ1) is 15.9. The Labute approximate surface area is 201 Å². The summed E-state index contributed by atoms with van der Waals surface area (Å²) in [6.45, 7) is 12.0. The largest absolute Gasteiger partial charge is 0.507 e. The number of benzene rings is 3. The van der Waals surface area contributed by atoms with Crippen molar-refractivity contribution in [2.24, 2.45) is 0 Å². The molecule has 3 aromatic carbocycles. The van der Waals surface area contributed by atoms with Gasteiger partial charge in [0.2, 0.25) is 0 Å². The summed E-state index contributed by atoms with van der Waals surface area (Å²) in [7, 11) is 0. The second kappa shape index (κ2) is 9.59. The molecular weight excluding hydrogens is 428 g/mol. The number of hydrogen-bond acceptors (Lipinski definition) is 4. The molecule has 0 aliphatic rings. The monoisotopic (exact) mass is 460 g/mol. The van der Waals surface area contributed by atoms with Crippen molar-refractivity contribution in [3.05, 3.63) is 83.4 Å². The number of para-hydroxylation sites is 3. The molecule has 0 aliphatic heterocycles. The number of nitrogens with one attached hydrogen (secondary N) is 2. The molecule has 0 atom stereocenters. The molecule has 6 nitrogen and oxygen atoms in total. The number of phenolic OH excluding ortho intramolecular Hbond substituents is 1. The fourth-order valence-electron chi connectivity index (χ4n) is 3.54. The summed E-state index contributed by atoms with van der Waals surface area (Å²) in [4.78, 5) is 25.6. The molecule has 0 bridgehead atoms. The summed E-state index contributed by atoms with van der Waals surface area (Å²) in [5.74, 6) is 0.277. The van der Waals surface area contributed by atoms with Crippen molar-refractivity contribution in [1.82, 2.24) is 0 Å². The lowest BCUT2D eigenvalue weighted by atomic mass is 9.78. The molecule has 2 amide bonds. The van der Waals surface area contributed by atoms with Gasteiger partial charge in [-0.2, -0.15) is 0 Å². The third-order valence-corrected chi connectivity index (χ3v) is 5.35. The standard InChI is InChI=1S/C28H32N2O4/c1-27(2,3)20-16-18(17-21(24(20)31)28(4,5)6)25(32)29-22-14-10-11-15-23(22)30-26(33)34-19-12-8-7-9-13-19/h7-17,31H,1-6H3,(H,29,32)(H,30,33). The first kappa shape index (κ1) is 24.8. The number of anilines is 2. The van der Waals surface area contributed by atoms with E-state index in [-0.39, 0.29) is 22.5 Å². The zero-order valence-electron chi connectivity index (χ0n) is 20.5. The Balaban J connectivity index is 1.88. The van der Waals surface area contributed by atoms with E-state index in [0.717, 1.165) is 0 Å². The number of amides is 2. The highest BCUT2D eigenvalue weighted by molar-refractivity contribution is 6.07. The van der Waals surface area contributed by atoms with Crippen LogP contribution in [-0.4, -0.2) is 17.1 Å². The van der Waals surface area contributed by atoms with E-state index in [4.69, 9.17) is 4.74 Å². The highest BCUT2D eigenvalue weighted by Gasteiger charge is 2.28. The predicted molar refractivity (Wildman–Crippen MR) is 136 cm³/mol. The van der Waals surface area contributed by atoms with E-state index in [2.05, 4.69) is 10.6 Å². The molecule has 34 heavy (non-hydrogen) atoms. The average molecular weight is 461 g/mol. The predicted octanol–water partition coefficient (Wildman–Crippen LogP) is 6.85. The molecule has 0 aliphatic carbocycles. The van der Waals surface area contributed by atoms with Crippen LogP contribution in [0, 0.1) is 0 Å². The van der Waals surface area contributed by atoms with Gasteiger partial charge in [0.25, 0.3) is 5.91 Å². The Hall–Kier alpha value is -3.80. The van der Waals surface area contributed by atoms with E-state index in [9.17, 15) is 14.7 Å². The van der Waals surface area contributed by atoms with Crippen LogP contribution in [0.3, 0.4) is 0 Å². The maximum Gasteiger partial charge on any atom is 0.417 e. The quantitative estimate of drug-likeness (QED) is 0.397. The molecule has 178 valence electrons. The van der Waals surface area contributed by atoms with Crippen molar-refractivity contribution in [3.8, 4) is 11.5 Å². The van der Waals surface area contributed by atoms with Gasteiger partial charge in [0, 0.05) is 16.7 Å². The van der Waals surface area contributed by atoms with Crippen LogP contribution in [0.2, 0.25) is 0 Å². The Morgan fingerprint density at radius 1 is 0.735 bits per heavy atom. The molecule has 0 saturated heterocycles. The van der Waals surface area contributed by atoms with Crippen molar-refractivity contribution >= 4 is 23.4 Å². The number of hydrogen-bond donors (Lipinski definition) is 3. The van der Waals surface area contributed by atoms with Gasteiger partial charge in [0.15, 0.2) is 0 Å². The number of rotatable bonds is 4. The number of carbonyl (C=O) groups is 2. The smallest absolute Gasteiger partial charge is 0.417 e. The molecule has 3 aromatic rings. The highest BCUT2D eigenvalue weighted by atomic mass is 16.6. The minimum absolute atomic E-state index is 0.210. The Bertz CT molecular complexity index is 1150. The fourth-order valence-corrected chi connectivity index (χ4v) is 3.54. The van der Waals surface area contributed by atoms with Gasteiger partial charge in [-0.1, -0.05) is 71.9 Å². The lowest BCUT2D eigenvalue weighted by Crippen LogP contribution is -2.22. The number of phenols is 1. The van der Waals surface area contributed by atoms with Gasteiger partial charge >= 0.3 is 6.09 Å². The first-order valence-corrected chi connectivity index (χ1v) is 11.2. The van der Waals surface area contributed by atoms with Gasteiger partial charge in [-0.25, -0.2) is 4.79 Å². The molecular formula is C28H32N2O4. The first-order valence-electron chi connectivity index (χ1n) is 11.2. The number of ether oxygens (including phenoxy) is 1. The second-order valence-electron chi connectivity index (χ2n) is 10.2. The van der Waals surface area contributed by atoms with Crippen LogP contribution >= 0.6 is 0 Å². The van der Waals surface area contributed by atoms with Crippen molar-refractivity contribution in [2.75, 3.05) is 10.6 Å². The molecule has 0 heterocycles. The van der Waals surface area contributed by atoms with Crippen LogP contribution in [0.1, 0.15) is 63.0 Å². The van der Waals surface area contributed by atoms with Gasteiger partial charge < -0.3 is 15.2 Å². The van der Waals surface area contributed by atoms with Gasteiger partial charge in [0.05, 0.1) is 11.4 Å². The fraction of sp³-hybridized carbons (Fsp3) is 0.286. The lowest BCUT2D eigenvalue weighted by molar-refractivity contribution is 0.102. The van der Waals surface area contributed by atoms with Gasteiger partial charge in [-0.05, 0) is 47.2 Å². The van der Waals surface area contributed by atoms with Crippen LogP contribution in [-0.2, 0) is 10.8 Å². The van der Waals surface area contributed by atoms with Crippen LogP contribution in [0.5, 0.6) is 11.5 Å². The molecule has 0 unspecified atom stereocenters. The average Bonchev–Trinajstić information content (AvgIpc) is 2.74. The van der Waals surface area contributed by atoms with Crippen LogP contribution in [0.4, 0.5) is 16.2 Å². The van der Waals surface area contributed by atoms with Gasteiger partial charge in [-0.3, -0.25) is 10.1 Å². The summed E-state index contributed by atoms with van der Waals surface area (Å²) in [6, 6.07) is 19.1. The Kier molecular flexibility index (Phi) is 7.01. The van der Waals surface area contributed by atoms with Gasteiger partial charge in [0.1, 0.15) is 11.5 Å². The Morgan fingerprint density at radius 3 is 1.71 bits per heavy atom. The topological polar surface area (TPSA) is 87.7 Å². The number of carbonyl (C=O) groups excluding carboxylic acids is 2. The molecule has 0 aromatic heterocycles. The van der Waals surface area contributed by atoms with Crippen LogP contribution in [0.25, 0.3) is 0 Å². The second-order valence-corrected chi connectivity index (χ2v) is 10.2. The third-order valence-electron chi connectivity index (χ3n) is 5.35. The van der Waals surface area contributed by atoms with E-state index in [1.165, 1.54) is 0 Å². The van der Waals surface area contributed by atoms with E-state index in [1.54, 1.807) is 60.7 Å². The molecule has 6 heteroatoms. The van der Waals surface area contributed by atoms with Crippen molar-refractivity contribution in [1.29, 1.82) is 0 Å². The summed E-state index contributed by atoms with van der Waals surface area (Å²) >= 11 is 0. The molecule has 0 radical (unpaired) electrons. The normalized spacial score (nSPS) is 11.6. The molecule has 0 spiro atoms. The SMILES string of the molecule is CC(C)(C)c1cc(C(=O)Nc2ccccc2NC(=O)Oc2ccccc2)cc(C(C)(C)C)c1O. The van der Waals surface area contributed by atoms with Crippen molar-refractivity contribution < 1.29 is 19.4 Å². The summed E-state index contributed by atoms with van der Waals surface area (Å²) in [5.41, 5.74) is 1.94. The zero-order valence-corrected chi connectivity index (χ0v) is 20.5. The zero-order chi connectivity index (χ0) is 25.1. The molecule has 3 rings (SSSR count). The minimum atomic E-state index is -0.664. The van der Waals surface area contributed by atoms with E-state index < -0.39 is 6.09 Å². The lowest BCUT2D eigenvalue weighted by Gasteiger charge is -2.28. The van der Waals surface area contributed by atoms with Crippen molar-refractivity contribution in [2.45, 2.75) is 52.4 Å². The maximum atomic E-state index is 13.3. The van der Waals surface area contributed by atoms with Crippen LogP contribution in [0.15, 0.2) is 66.7 Å². The molecule has 0 fully saturated rings. The summed E-state index contributed by atoms with van der Waals surface area (Å²) in [5, 5.41) is 16.5. The van der Waals surface area contributed by atoms with E-state index >= 15 is 0 Å². The molecule has 3 N–H and O–H groups in total. The van der Waals surface area contributed by atoms with Crippen LogP contribution < -0.4 is 15.4 Å². The Morgan fingerprint density at radius 2 is 1.21 bits per heavy atom.